The third-order valence-electron chi connectivity index (χ3n) is 7.65. The zero-order chi connectivity index (χ0) is 25.8. The van der Waals surface area contributed by atoms with Crippen LogP contribution in [0.3, 0.4) is 0 Å². The fourth-order valence-electron chi connectivity index (χ4n) is 5.39. The van der Waals surface area contributed by atoms with Crippen molar-refractivity contribution >= 4 is 38.9 Å². The second-order valence-corrected chi connectivity index (χ2v) is 12.1. The highest BCUT2D eigenvalue weighted by atomic mass is 32.1. The molecule has 0 saturated heterocycles. The fourth-order valence-corrected chi connectivity index (χ4v) is 6.64. The van der Waals surface area contributed by atoms with Crippen molar-refractivity contribution in [1.29, 1.82) is 0 Å². The first-order valence-electron chi connectivity index (χ1n) is 12.7. The number of Topliss-reactive ketones (excluding diaryl/α,β-unsaturated/α-hetero) is 1. The van der Waals surface area contributed by atoms with Crippen LogP contribution < -0.4 is 15.2 Å². The van der Waals surface area contributed by atoms with Crippen LogP contribution in [0.2, 0.25) is 0 Å². The number of fused-ring (bicyclic) bond motifs is 4. The Kier molecular flexibility index (Phi) is 6.27. The van der Waals surface area contributed by atoms with Gasteiger partial charge in [0, 0.05) is 17.0 Å². The van der Waals surface area contributed by atoms with Gasteiger partial charge in [0.25, 0.3) is 11.5 Å². The number of benzene rings is 1. The standard InChI is InChI=1S/C28H33N3O4S/c1-6-11-30-20-12-17(7-10-21(20)35-14-23(30)32)25(33)16(2)31-15-29-26-24(27(31)34)19-9-8-18(28(3,4)5)13-22(19)36-26/h7,10,12,15-16,18H,6,8-9,11,13-14H2,1-5H3. The van der Waals surface area contributed by atoms with E-state index in [4.69, 9.17) is 4.74 Å². The van der Waals surface area contributed by atoms with Gasteiger partial charge in [-0.1, -0.05) is 27.7 Å². The lowest BCUT2D eigenvalue weighted by molar-refractivity contribution is -0.121. The van der Waals surface area contributed by atoms with Gasteiger partial charge in [0.1, 0.15) is 10.6 Å². The van der Waals surface area contributed by atoms with Gasteiger partial charge in [0.05, 0.1) is 23.4 Å². The number of ketones is 1. The van der Waals surface area contributed by atoms with Gasteiger partial charge in [0.15, 0.2) is 12.4 Å². The normalized spacial score (nSPS) is 18.5. The molecule has 2 aliphatic rings. The molecule has 3 aromatic rings. The SMILES string of the molecule is CCCN1C(=O)COc2ccc(C(=O)C(C)n3cnc4sc5c(c4c3=O)CCC(C(C)(C)C)C5)cc21. The van der Waals surface area contributed by atoms with E-state index in [9.17, 15) is 14.4 Å². The predicted octanol–water partition coefficient (Wildman–Crippen LogP) is 5.19. The smallest absolute Gasteiger partial charge is 0.265 e. The van der Waals surface area contributed by atoms with Crippen molar-refractivity contribution in [2.75, 3.05) is 18.1 Å². The molecule has 1 aromatic carbocycles. The summed E-state index contributed by atoms with van der Waals surface area (Å²) in [5.41, 5.74) is 2.22. The number of amides is 1. The number of carbonyl (C=O) groups is 2. The van der Waals surface area contributed by atoms with Crippen molar-refractivity contribution in [2.24, 2.45) is 11.3 Å². The van der Waals surface area contributed by atoms with Crippen LogP contribution in [0.4, 0.5) is 5.69 Å². The zero-order valence-electron chi connectivity index (χ0n) is 21.6. The number of rotatable bonds is 5. The van der Waals surface area contributed by atoms with E-state index in [2.05, 4.69) is 25.8 Å². The number of aryl methyl sites for hydroxylation is 1. The molecule has 7 nitrogen and oxygen atoms in total. The van der Waals surface area contributed by atoms with Gasteiger partial charge < -0.3 is 9.64 Å². The summed E-state index contributed by atoms with van der Waals surface area (Å²) in [6.45, 7) is 11.1. The number of nitrogens with zero attached hydrogens (tertiary/aromatic N) is 3. The highest BCUT2D eigenvalue weighted by Crippen LogP contribution is 2.42. The molecular weight excluding hydrogens is 474 g/mol. The van der Waals surface area contributed by atoms with Crippen LogP contribution in [0.25, 0.3) is 10.2 Å². The summed E-state index contributed by atoms with van der Waals surface area (Å²) < 4.78 is 7.02. The van der Waals surface area contributed by atoms with Gasteiger partial charge in [-0.05, 0) is 67.7 Å². The quantitative estimate of drug-likeness (QED) is 0.444. The molecule has 1 aliphatic carbocycles. The van der Waals surface area contributed by atoms with Crippen molar-refractivity contribution in [3.63, 3.8) is 0 Å². The molecule has 2 aromatic heterocycles. The molecule has 0 saturated carbocycles. The number of anilines is 1. The van der Waals surface area contributed by atoms with E-state index in [1.54, 1.807) is 41.4 Å². The van der Waals surface area contributed by atoms with Crippen LogP contribution in [0.15, 0.2) is 29.3 Å². The van der Waals surface area contributed by atoms with E-state index in [-0.39, 0.29) is 29.3 Å². The van der Waals surface area contributed by atoms with Gasteiger partial charge >= 0.3 is 0 Å². The van der Waals surface area contributed by atoms with Crippen molar-refractivity contribution in [2.45, 2.75) is 66.3 Å². The van der Waals surface area contributed by atoms with Gasteiger partial charge in [-0.15, -0.1) is 11.3 Å². The zero-order valence-corrected chi connectivity index (χ0v) is 22.4. The number of carbonyl (C=O) groups excluding carboxylic acids is 2. The molecular formula is C28H33N3O4S. The summed E-state index contributed by atoms with van der Waals surface area (Å²) >= 11 is 1.62. The van der Waals surface area contributed by atoms with E-state index >= 15 is 0 Å². The number of hydrogen-bond donors (Lipinski definition) is 0. The predicted molar refractivity (Wildman–Crippen MR) is 142 cm³/mol. The number of thiophene rings is 1. The van der Waals surface area contributed by atoms with E-state index in [0.717, 1.165) is 36.1 Å². The van der Waals surface area contributed by atoms with Crippen LogP contribution in [-0.4, -0.2) is 34.4 Å². The summed E-state index contributed by atoms with van der Waals surface area (Å²) in [6, 6.07) is 4.41. The molecule has 1 aliphatic heterocycles. The molecule has 0 spiro atoms. The molecule has 3 heterocycles. The van der Waals surface area contributed by atoms with Crippen molar-refractivity contribution in [1.82, 2.24) is 9.55 Å². The highest BCUT2D eigenvalue weighted by Gasteiger charge is 2.32. The second kappa shape index (κ2) is 9.14. The Bertz CT molecular complexity index is 1410. The first kappa shape index (κ1) is 24.7. The minimum Gasteiger partial charge on any atom is -0.482 e. The van der Waals surface area contributed by atoms with Crippen LogP contribution >= 0.6 is 11.3 Å². The average Bonchev–Trinajstić information content (AvgIpc) is 3.23. The molecule has 0 bridgehead atoms. The number of ether oxygens (including phenoxy) is 1. The molecule has 5 rings (SSSR count). The van der Waals surface area contributed by atoms with Gasteiger partial charge in [-0.2, -0.15) is 0 Å². The molecule has 2 unspecified atom stereocenters. The van der Waals surface area contributed by atoms with Crippen molar-refractivity contribution < 1.29 is 14.3 Å². The summed E-state index contributed by atoms with van der Waals surface area (Å²) in [5.74, 6) is 0.843. The fraction of sp³-hybridized carbons (Fsp3) is 0.500. The van der Waals surface area contributed by atoms with Gasteiger partial charge in [-0.3, -0.25) is 19.0 Å². The molecule has 190 valence electrons. The maximum Gasteiger partial charge on any atom is 0.265 e. The van der Waals surface area contributed by atoms with Gasteiger partial charge in [-0.25, -0.2) is 4.98 Å². The molecule has 1 amide bonds. The molecule has 8 heteroatoms. The molecule has 36 heavy (non-hydrogen) atoms. The molecule has 0 radical (unpaired) electrons. The third-order valence-corrected chi connectivity index (χ3v) is 8.81. The molecule has 0 N–H and O–H groups in total. The summed E-state index contributed by atoms with van der Waals surface area (Å²) in [6.07, 6.45) is 5.19. The first-order valence-corrected chi connectivity index (χ1v) is 13.5. The Morgan fingerprint density at radius 2 is 2.06 bits per heavy atom. The Morgan fingerprint density at radius 3 is 2.78 bits per heavy atom. The number of hydrogen-bond acceptors (Lipinski definition) is 6. The summed E-state index contributed by atoms with van der Waals surface area (Å²) in [4.78, 5) is 47.8. The largest absolute Gasteiger partial charge is 0.482 e. The van der Waals surface area contributed by atoms with Crippen LogP contribution in [0.5, 0.6) is 5.75 Å². The lowest BCUT2D eigenvalue weighted by Gasteiger charge is -2.33. The summed E-state index contributed by atoms with van der Waals surface area (Å²) in [5, 5.41) is 0.670. The Hall–Kier alpha value is -3.00. The maximum absolute atomic E-state index is 13.6. The van der Waals surface area contributed by atoms with Crippen LogP contribution in [0.1, 0.15) is 74.3 Å². The minimum atomic E-state index is -0.728. The second-order valence-electron chi connectivity index (χ2n) is 11.0. The van der Waals surface area contributed by atoms with E-state index in [1.165, 1.54) is 15.8 Å². The first-order chi connectivity index (χ1) is 17.1. The lowest BCUT2D eigenvalue weighted by atomic mass is 9.72. The Balaban J connectivity index is 1.48. The third kappa shape index (κ3) is 4.15. The van der Waals surface area contributed by atoms with Crippen LogP contribution in [-0.2, 0) is 17.6 Å². The Morgan fingerprint density at radius 1 is 1.28 bits per heavy atom. The maximum atomic E-state index is 13.6. The number of aromatic nitrogens is 2. The van der Waals surface area contributed by atoms with E-state index in [0.29, 0.717) is 34.8 Å². The Labute approximate surface area is 215 Å². The van der Waals surface area contributed by atoms with Crippen LogP contribution in [0, 0.1) is 11.3 Å². The minimum absolute atomic E-state index is 0.000759. The van der Waals surface area contributed by atoms with E-state index in [1.807, 2.05) is 6.92 Å². The van der Waals surface area contributed by atoms with Gasteiger partial charge in [0.2, 0.25) is 0 Å². The average molecular weight is 508 g/mol. The lowest BCUT2D eigenvalue weighted by Crippen LogP contribution is -2.39. The molecule has 0 fully saturated rings. The summed E-state index contributed by atoms with van der Waals surface area (Å²) in [7, 11) is 0. The molecule has 2 atom stereocenters. The van der Waals surface area contributed by atoms with Crippen molar-refractivity contribution in [3.05, 3.63) is 50.9 Å². The monoisotopic (exact) mass is 507 g/mol. The highest BCUT2D eigenvalue weighted by molar-refractivity contribution is 7.18. The van der Waals surface area contributed by atoms with E-state index < -0.39 is 6.04 Å². The van der Waals surface area contributed by atoms with Crippen molar-refractivity contribution in [3.8, 4) is 5.75 Å². The topological polar surface area (TPSA) is 81.5 Å².